The molecule has 1 fully saturated rings. The molecule has 0 bridgehead atoms. The fourth-order valence-electron chi connectivity index (χ4n) is 3.64. The van der Waals surface area contributed by atoms with Crippen molar-refractivity contribution < 1.29 is 27.2 Å². The molecule has 32 heavy (non-hydrogen) atoms. The monoisotopic (exact) mass is 448 g/mol. The first-order valence-corrected chi connectivity index (χ1v) is 9.76. The maximum absolute atomic E-state index is 13.4. The second kappa shape index (κ2) is 9.26. The Morgan fingerprint density at radius 2 is 1.84 bits per heavy atom. The number of nitrogens with zero attached hydrogens (tertiary/aromatic N) is 3. The Morgan fingerprint density at radius 3 is 2.44 bits per heavy atom. The number of hydrogen-bond acceptors (Lipinski definition) is 4. The van der Waals surface area contributed by atoms with E-state index in [1.54, 1.807) is 0 Å². The van der Waals surface area contributed by atoms with E-state index < -0.39 is 35.1 Å². The maximum atomic E-state index is 13.4. The Labute approximate surface area is 182 Å². The van der Waals surface area contributed by atoms with Gasteiger partial charge in [-0.15, -0.1) is 0 Å². The number of carbonyl (C=O) groups excluding carboxylic acids is 2. The summed E-state index contributed by atoms with van der Waals surface area (Å²) < 4.78 is 53.2. The van der Waals surface area contributed by atoms with Gasteiger partial charge in [-0.2, -0.15) is 18.4 Å². The summed E-state index contributed by atoms with van der Waals surface area (Å²) in [5, 5.41) is 11.5. The number of piperazine rings is 1. The lowest BCUT2D eigenvalue weighted by Crippen LogP contribution is -2.60. The molecule has 0 spiro atoms. The zero-order chi connectivity index (χ0) is 23.5. The van der Waals surface area contributed by atoms with E-state index in [1.165, 1.54) is 53.2 Å². The van der Waals surface area contributed by atoms with Crippen LogP contribution in [0, 0.1) is 17.1 Å². The third kappa shape index (κ3) is 4.99. The second-order valence-corrected chi connectivity index (χ2v) is 7.31. The average molecular weight is 448 g/mol. The molecule has 2 aromatic rings. The highest BCUT2D eigenvalue weighted by atomic mass is 19.4. The van der Waals surface area contributed by atoms with Gasteiger partial charge in [0, 0.05) is 25.8 Å². The third-order valence-electron chi connectivity index (χ3n) is 5.31. The van der Waals surface area contributed by atoms with Crippen LogP contribution >= 0.6 is 0 Å². The van der Waals surface area contributed by atoms with Gasteiger partial charge in [-0.05, 0) is 35.9 Å². The number of carbonyl (C=O) groups is 2. The predicted octanol–water partition coefficient (Wildman–Crippen LogP) is 2.72. The first-order chi connectivity index (χ1) is 15.1. The second-order valence-electron chi connectivity index (χ2n) is 7.31. The van der Waals surface area contributed by atoms with E-state index in [4.69, 9.17) is 5.26 Å². The number of nitrogens with one attached hydrogen (secondary N) is 1. The number of alkyl halides is 3. The summed E-state index contributed by atoms with van der Waals surface area (Å²) in [4.78, 5) is 28.2. The van der Waals surface area contributed by atoms with Gasteiger partial charge < -0.3 is 15.1 Å². The normalized spacial score (nSPS) is 16.4. The number of hydrogen-bond donors (Lipinski definition) is 1. The van der Waals surface area contributed by atoms with E-state index in [9.17, 15) is 27.2 Å². The van der Waals surface area contributed by atoms with Crippen molar-refractivity contribution in [2.75, 3.05) is 31.6 Å². The van der Waals surface area contributed by atoms with Crippen molar-refractivity contribution in [3.8, 4) is 6.07 Å². The summed E-state index contributed by atoms with van der Waals surface area (Å²) in [5.74, 6) is -1.15. The van der Waals surface area contributed by atoms with Gasteiger partial charge in [0.15, 0.2) is 0 Å². The summed E-state index contributed by atoms with van der Waals surface area (Å²) in [5.41, 5.74) is -0.846. The molecule has 6 nitrogen and oxygen atoms in total. The molecule has 0 aromatic heterocycles. The molecule has 3 rings (SSSR count). The van der Waals surface area contributed by atoms with Gasteiger partial charge in [-0.25, -0.2) is 4.39 Å². The highest BCUT2D eigenvalue weighted by Gasteiger charge is 2.37. The molecule has 1 aliphatic rings. The molecule has 0 saturated carbocycles. The maximum Gasteiger partial charge on any atom is 0.417 e. The smallest absolute Gasteiger partial charge is 0.357 e. The van der Waals surface area contributed by atoms with Gasteiger partial charge in [-0.1, -0.05) is 12.1 Å². The van der Waals surface area contributed by atoms with Crippen molar-refractivity contribution in [2.45, 2.75) is 18.6 Å². The lowest BCUT2D eigenvalue weighted by Gasteiger charge is -2.42. The largest absolute Gasteiger partial charge is 0.417 e. The van der Waals surface area contributed by atoms with E-state index in [1.807, 2.05) is 0 Å². The number of rotatable bonds is 4. The van der Waals surface area contributed by atoms with Crippen LogP contribution in [-0.2, 0) is 22.2 Å². The fraction of sp³-hybridized carbons (Fsp3) is 0.318. The molecular formula is C22H20F4N4O2. The number of halogens is 4. The lowest BCUT2D eigenvalue weighted by molar-refractivity contribution is -0.137. The Hall–Kier alpha value is -3.61. The molecule has 10 heteroatoms. The number of nitriles is 1. The van der Waals surface area contributed by atoms with Crippen molar-refractivity contribution in [2.24, 2.45) is 0 Å². The van der Waals surface area contributed by atoms with Crippen LogP contribution in [0.15, 0.2) is 42.5 Å². The molecule has 1 unspecified atom stereocenters. The minimum absolute atomic E-state index is 0.00975. The van der Waals surface area contributed by atoms with Crippen LogP contribution in [-0.4, -0.2) is 49.4 Å². The number of amides is 2. The zero-order valence-corrected chi connectivity index (χ0v) is 17.1. The van der Waals surface area contributed by atoms with Gasteiger partial charge in [-0.3, -0.25) is 9.59 Å². The lowest BCUT2D eigenvalue weighted by atomic mass is 10.0. The SMILES string of the molecule is CNC(=O)C1CN(C(=O)Cc2ccc(F)cc2)CCN1c1ccc(C#N)c(C(F)(F)F)c1. The Bertz CT molecular complexity index is 1050. The molecule has 1 aliphatic heterocycles. The van der Waals surface area contributed by atoms with Crippen molar-refractivity contribution in [1.29, 1.82) is 5.26 Å². The van der Waals surface area contributed by atoms with E-state index in [-0.39, 0.29) is 37.6 Å². The van der Waals surface area contributed by atoms with E-state index in [0.29, 0.717) is 5.56 Å². The molecule has 1 atom stereocenters. The first kappa shape index (κ1) is 23.1. The van der Waals surface area contributed by atoms with Crippen molar-refractivity contribution in [3.05, 3.63) is 65.0 Å². The molecular weight excluding hydrogens is 428 g/mol. The van der Waals surface area contributed by atoms with Gasteiger partial charge >= 0.3 is 6.18 Å². The highest BCUT2D eigenvalue weighted by Crippen LogP contribution is 2.35. The van der Waals surface area contributed by atoms with Gasteiger partial charge in [0.1, 0.15) is 11.9 Å². The Kier molecular flexibility index (Phi) is 6.67. The molecule has 0 aliphatic carbocycles. The standard InChI is InChI=1S/C22H20F4N4O2/c1-28-21(32)19-13-29(20(31)10-14-2-5-16(23)6-3-14)8-9-30(19)17-7-4-15(12-27)18(11-17)22(24,25)26/h2-7,11,19H,8-10,13H2,1H3,(H,28,32). The Morgan fingerprint density at radius 1 is 1.16 bits per heavy atom. The molecule has 2 aromatic carbocycles. The van der Waals surface area contributed by atoms with Crippen LogP contribution in [0.25, 0.3) is 0 Å². The molecule has 1 heterocycles. The summed E-state index contributed by atoms with van der Waals surface area (Å²) in [6.07, 6.45) is -4.72. The predicted molar refractivity (Wildman–Crippen MR) is 108 cm³/mol. The van der Waals surface area contributed by atoms with Crippen molar-refractivity contribution >= 4 is 17.5 Å². The van der Waals surface area contributed by atoms with E-state index in [2.05, 4.69) is 5.32 Å². The molecule has 1 saturated heterocycles. The van der Waals surface area contributed by atoms with Crippen LogP contribution < -0.4 is 10.2 Å². The van der Waals surface area contributed by atoms with E-state index in [0.717, 1.165) is 12.1 Å². The van der Waals surface area contributed by atoms with Gasteiger partial charge in [0.2, 0.25) is 11.8 Å². The van der Waals surface area contributed by atoms with Crippen LogP contribution in [0.5, 0.6) is 0 Å². The first-order valence-electron chi connectivity index (χ1n) is 9.76. The Balaban J connectivity index is 1.84. The topological polar surface area (TPSA) is 76.4 Å². The van der Waals surface area contributed by atoms with Gasteiger partial charge in [0.25, 0.3) is 0 Å². The van der Waals surface area contributed by atoms with Crippen LogP contribution in [0.2, 0.25) is 0 Å². The van der Waals surface area contributed by atoms with Gasteiger partial charge in [0.05, 0.1) is 30.2 Å². The molecule has 168 valence electrons. The summed E-state index contributed by atoms with van der Waals surface area (Å²) >= 11 is 0. The van der Waals surface area contributed by atoms with Crippen LogP contribution in [0.1, 0.15) is 16.7 Å². The van der Waals surface area contributed by atoms with Crippen molar-refractivity contribution in [1.82, 2.24) is 10.2 Å². The van der Waals surface area contributed by atoms with E-state index >= 15 is 0 Å². The average Bonchev–Trinajstić information content (AvgIpc) is 2.78. The zero-order valence-electron chi connectivity index (χ0n) is 17.1. The summed E-state index contributed by atoms with van der Waals surface area (Å²) in [6.45, 7) is 0.284. The fourth-order valence-corrected chi connectivity index (χ4v) is 3.64. The molecule has 0 radical (unpaired) electrons. The minimum Gasteiger partial charge on any atom is -0.357 e. The summed E-state index contributed by atoms with van der Waals surface area (Å²) in [7, 11) is 1.40. The molecule has 2 amide bonds. The molecule has 1 N–H and O–H groups in total. The minimum atomic E-state index is -4.73. The number of likely N-dealkylation sites (N-methyl/N-ethyl adjacent to an activating group) is 1. The third-order valence-corrected chi connectivity index (χ3v) is 5.31. The number of anilines is 1. The van der Waals surface area contributed by atoms with Crippen LogP contribution in [0.3, 0.4) is 0 Å². The summed E-state index contributed by atoms with van der Waals surface area (Å²) in [6, 6.07) is 9.39. The quantitative estimate of drug-likeness (QED) is 0.730. The highest BCUT2D eigenvalue weighted by molar-refractivity contribution is 5.87. The van der Waals surface area contributed by atoms with Crippen molar-refractivity contribution in [3.63, 3.8) is 0 Å². The number of benzene rings is 2. The van der Waals surface area contributed by atoms with Crippen LogP contribution in [0.4, 0.5) is 23.2 Å².